The van der Waals surface area contributed by atoms with Crippen molar-refractivity contribution >= 4 is 47.5 Å². The number of benzene rings is 2. The first-order chi connectivity index (χ1) is 14.2. The lowest BCUT2D eigenvalue weighted by Gasteiger charge is -2.32. The van der Waals surface area contributed by atoms with Gasteiger partial charge in [0.05, 0.1) is 28.1 Å². The lowest BCUT2D eigenvalue weighted by atomic mass is 9.78. The van der Waals surface area contributed by atoms with Crippen LogP contribution in [0, 0.1) is 0 Å². The van der Waals surface area contributed by atoms with E-state index in [4.69, 9.17) is 14.3 Å². The first kappa shape index (κ1) is 20.5. The molecule has 0 radical (unpaired) electrons. The molecule has 3 aromatic rings. The lowest BCUT2D eigenvalue weighted by molar-refractivity contribution is 0.00578. The molecule has 1 aliphatic heterocycles. The van der Waals surface area contributed by atoms with E-state index in [0.29, 0.717) is 0 Å². The molecule has 4 rings (SSSR count). The highest BCUT2D eigenvalue weighted by molar-refractivity contribution is 6.62. The van der Waals surface area contributed by atoms with Gasteiger partial charge >= 0.3 is 7.12 Å². The van der Waals surface area contributed by atoms with E-state index >= 15 is 0 Å². The second kappa shape index (κ2) is 7.49. The average Bonchev–Trinajstić information content (AvgIpc) is 2.94. The Kier molecular flexibility index (Phi) is 5.12. The van der Waals surface area contributed by atoms with Gasteiger partial charge in [-0.05, 0) is 82.0 Å². The SMILES string of the molecule is C=Nc1ccccc1/C=C(\C)c1ccc2cc(B3OC(C)(C)C(C)(C)O3)ccc2n1. The Balaban J connectivity index is 1.64. The van der Waals surface area contributed by atoms with Crippen LogP contribution < -0.4 is 5.46 Å². The molecule has 0 atom stereocenters. The molecule has 1 saturated heterocycles. The van der Waals surface area contributed by atoms with Crippen LogP contribution in [0.3, 0.4) is 0 Å². The van der Waals surface area contributed by atoms with Gasteiger partial charge in [-0.25, -0.2) is 4.98 Å². The van der Waals surface area contributed by atoms with Crippen LogP contribution in [0.15, 0.2) is 59.6 Å². The first-order valence-electron chi connectivity index (χ1n) is 10.2. The fraction of sp³-hybridized carbons (Fsp3) is 0.280. The van der Waals surface area contributed by atoms with Crippen molar-refractivity contribution in [2.45, 2.75) is 45.8 Å². The number of aliphatic imine (C=N–C) groups is 1. The van der Waals surface area contributed by atoms with Crippen LogP contribution in [-0.4, -0.2) is 30.0 Å². The molecule has 1 fully saturated rings. The highest BCUT2D eigenvalue weighted by Crippen LogP contribution is 2.36. The standard InChI is InChI=1S/C25H27BN2O2/c1-17(15-18-9-7-8-10-22(18)27-6)21-13-11-19-16-20(12-14-23(19)28-21)26-29-24(2,3)25(4,5)30-26/h7-16H,6H2,1-5H3/b17-15+. The van der Waals surface area contributed by atoms with Crippen molar-refractivity contribution in [3.63, 3.8) is 0 Å². The first-order valence-corrected chi connectivity index (χ1v) is 10.2. The molecule has 30 heavy (non-hydrogen) atoms. The molecule has 0 bridgehead atoms. The number of fused-ring (bicyclic) bond motifs is 1. The minimum atomic E-state index is -0.372. The molecule has 1 aliphatic rings. The van der Waals surface area contributed by atoms with E-state index in [2.05, 4.69) is 64.5 Å². The summed E-state index contributed by atoms with van der Waals surface area (Å²) >= 11 is 0. The Morgan fingerprint density at radius 3 is 2.40 bits per heavy atom. The number of para-hydroxylation sites is 1. The number of nitrogens with zero attached hydrogens (tertiary/aromatic N) is 2. The number of hydrogen-bond acceptors (Lipinski definition) is 4. The van der Waals surface area contributed by atoms with Crippen molar-refractivity contribution in [1.29, 1.82) is 0 Å². The fourth-order valence-electron chi connectivity index (χ4n) is 3.55. The van der Waals surface area contributed by atoms with Gasteiger partial charge in [0.2, 0.25) is 0 Å². The van der Waals surface area contributed by atoms with Crippen LogP contribution >= 0.6 is 0 Å². The summed E-state index contributed by atoms with van der Waals surface area (Å²) < 4.78 is 12.4. The molecular formula is C25H27BN2O2. The van der Waals surface area contributed by atoms with Gasteiger partial charge in [0.1, 0.15) is 0 Å². The highest BCUT2D eigenvalue weighted by Gasteiger charge is 2.51. The summed E-state index contributed by atoms with van der Waals surface area (Å²) in [6.07, 6.45) is 2.09. The Bertz CT molecular complexity index is 1130. The summed E-state index contributed by atoms with van der Waals surface area (Å²) in [5.74, 6) is 0. The number of hydrogen-bond donors (Lipinski definition) is 0. The molecule has 152 valence electrons. The lowest BCUT2D eigenvalue weighted by Crippen LogP contribution is -2.41. The van der Waals surface area contributed by atoms with Crippen LogP contribution in [-0.2, 0) is 9.31 Å². The predicted molar refractivity (Wildman–Crippen MR) is 127 cm³/mol. The third kappa shape index (κ3) is 3.71. The monoisotopic (exact) mass is 398 g/mol. The summed E-state index contributed by atoms with van der Waals surface area (Å²) in [6, 6.07) is 18.3. The molecule has 0 saturated carbocycles. The van der Waals surface area contributed by atoms with Gasteiger partial charge in [0.25, 0.3) is 0 Å². The average molecular weight is 398 g/mol. The van der Waals surface area contributed by atoms with Gasteiger partial charge in [-0.3, -0.25) is 4.99 Å². The number of aromatic nitrogens is 1. The smallest absolute Gasteiger partial charge is 0.399 e. The fourth-order valence-corrected chi connectivity index (χ4v) is 3.55. The van der Waals surface area contributed by atoms with E-state index in [-0.39, 0.29) is 18.3 Å². The van der Waals surface area contributed by atoms with Gasteiger partial charge in [-0.2, -0.15) is 0 Å². The molecule has 0 spiro atoms. The van der Waals surface area contributed by atoms with Gasteiger partial charge in [0.15, 0.2) is 0 Å². The van der Waals surface area contributed by atoms with E-state index in [9.17, 15) is 0 Å². The van der Waals surface area contributed by atoms with Crippen molar-refractivity contribution in [3.8, 4) is 0 Å². The molecule has 2 aromatic carbocycles. The summed E-state index contributed by atoms with van der Waals surface area (Å²) in [5.41, 5.74) is 5.14. The second-order valence-corrected chi connectivity index (χ2v) is 8.78. The van der Waals surface area contributed by atoms with E-state index in [1.807, 2.05) is 42.5 Å². The van der Waals surface area contributed by atoms with Crippen LogP contribution in [0.5, 0.6) is 0 Å². The number of allylic oxidation sites excluding steroid dienone is 1. The molecule has 1 aromatic heterocycles. The zero-order valence-corrected chi connectivity index (χ0v) is 18.3. The van der Waals surface area contributed by atoms with Crippen LogP contribution in [0.25, 0.3) is 22.6 Å². The van der Waals surface area contributed by atoms with E-state index in [0.717, 1.165) is 38.9 Å². The topological polar surface area (TPSA) is 43.7 Å². The van der Waals surface area contributed by atoms with Crippen molar-refractivity contribution in [2.24, 2.45) is 4.99 Å². The zero-order chi connectivity index (χ0) is 21.5. The van der Waals surface area contributed by atoms with Crippen LogP contribution in [0.2, 0.25) is 0 Å². The minimum absolute atomic E-state index is 0.354. The van der Waals surface area contributed by atoms with Crippen LogP contribution in [0.1, 0.15) is 45.9 Å². The number of rotatable bonds is 4. The van der Waals surface area contributed by atoms with Gasteiger partial charge < -0.3 is 9.31 Å². The third-order valence-corrected chi connectivity index (χ3v) is 6.12. The summed E-state index contributed by atoms with van der Waals surface area (Å²) in [7, 11) is -0.372. The molecule has 5 heteroatoms. The maximum absolute atomic E-state index is 6.18. The number of pyridine rings is 1. The Morgan fingerprint density at radius 2 is 1.70 bits per heavy atom. The summed E-state index contributed by atoms with van der Waals surface area (Å²) in [4.78, 5) is 8.95. The normalized spacial score (nSPS) is 18.0. The molecule has 0 aliphatic carbocycles. The molecule has 4 nitrogen and oxygen atoms in total. The largest absolute Gasteiger partial charge is 0.494 e. The summed E-state index contributed by atoms with van der Waals surface area (Å²) in [5, 5.41) is 1.06. The maximum atomic E-state index is 6.18. The van der Waals surface area contributed by atoms with Crippen molar-refractivity contribution in [1.82, 2.24) is 4.98 Å². The molecule has 0 N–H and O–H groups in total. The zero-order valence-electron chi connectivity index (χ0n) is 18.3. The second-order valence-electron chi connectivity index (χ2n) is 8.78. The van der Waals surface area contributed by atoms with Gasteiger partial charge in [0, 0.05) is 5.56 Å². The third-order valence-electron chi connectivity index (χ3n) is 6.12. The summed E-state index contributed by atoms with van der Waals surface area (Å²) in [6.45, 7) is 14.0. The highest BCUT2D eigenvalue weighted by atomic mass is 16.7. The van der Waals surface area contributed by atoms with E-state index in [1.54, 1.807) is 0 Å². The molecule has 0 amide bonds. The molecular weight excluding hydrogens is 371 g/mol. The molecule has 2 heterocycles. The van der Waals surface area contributed by atoms with Gasteiger partial charge in [-0.1, -0.05) is 36.4 Å². The van der Waals surface area contributed by atoms with Crippen molar-refractivity contribution in [3.05, 3.63) is 65.9 Å². The van der Waals surface area contributed by atoms with E-state index in [1.165, 1.54) is 0 Å². The Hall–Kier alpha value is -2.76. The van der Waals surface area contributed by atoms with Gasteiger partial charge in [-0.15, -0.1) is 0 Å². The quantitative estimate of drug-likeness (QED) is 0.435. The van der Waals surface area contributed by atoms with E-state index < -0.39 is 0 Å². The van der Waals surface area contributed by atoms with Crippen molar-refractivity contribution < 1.29 is 9.31 Å². The predicted octanol–water partition coefficient (Wildman–Crippen LogP) is 5.43. The Morgan fingerprint density at radius 1 is 1.00 bits per heavy atom. The Labute approximate surface area is 178 Å². The molecule has 0 unspecified atom stereocenters. The minimum Gasteiger partial charge on any atom is -0.399 e. The van der Waals surface area contributed by atoms with Crippen LogP contribution in [0.4, 0.5) is 5.69 Å². The maximum Gasteiger partial charge on any atom is 0.494 e. The van der Waals surface area contributed by atoms with Crippen molar-refractivity contribution in [2.75, 3.05) is 0 Å².